The summed E-state index contributed by atoms with van der Waals surface area (Å²) in [5, 5.41) is 11.2. The van der Waals surface area contributed by atoms with Crippen LogP contribution in [-0.4, -0.2) is 54.0 Å². The highest BCUT2D eigenvalue weighted by atomic mass is 16.7. The summed E-state index contributed by atoms with van der Waals surface area (Å²) in [5.41, 5.74) is -0.433. The van der Waals surface area contributed by atoms with E-state index in [0.717, 1.165) is 6.33 Å². The smallest absolute Gasteiger partial charge is 0.354 e. The largest absolute Gasteiger partial charge is 0.477 e. The van der Waals surface area contributed by atoms with E-state index in [0.29, 0.717) is 0 Å². The van der Waals surface area contributed by atoms with Crippen LogP contribution in [0.4, 0.5) is 0 Å². The molecule has 0 radical (unpaired) electrons. The van der Waals surface area contributed by atoms with E-state index in [1.165, 1.54) is 14.2 Å². The molecule has 0 unspecified atom stereocenters. The van der Waals surface area contributed by atoms with Gasteiger partial charge in [0.25, 0.3) is 5.91 Å². The molecule has 1 aromatic rings. The molecule has 8 nitrogen and oxygen atoms in total. The second kappa shape index (κ2) is 5.97. The number of nitrogens with zero attached hydrogens (tertiary/aromatic N) is 1. The van der Waals surface area contributed by atoms with Crippen LogP contribution in [0.25, 0.3) is 0 Å². The standard InChI is InChI=1S/C9H13N3O5/c1-16-5(17-2)3-10-8(13)6-7(9(14)15)12-4-11-6/h4-5H,3H2,1-2H3,(H,10,13)(H,11,12)(H,14,15). The van der Waals surface area contributed by atoms with E-state index >= 15 is 0 Å². The number of carbonyl (C=O) groups is 2. The number of aromatic carboxylic acids is 1. The summed E-state index contributed by atoms with van der Waals surface area (Å²) in [5.74, 6) is -1.86. The predicted molar refractivity (Wildman–Crippen MR) is 55.7 cm³/mol. The van der Waals surface area contributed by atoms with Crippen LogP contribution < -0.4 is 5.32 Å². The summed E-state index contributed by atoms with van der Waals surface area (Å²) >= 11 is 0. The minimum atomic E-state index is -1.25. The van der Waals surface area contributed by atoms with E-state index in [1.54, 1.807) is 0 Å². The number of hydrogen-bond donors (Lipinski definition) is 3. The second-order valence-electron chi connectivity index (χ2n) is 3.04. The van der Waals surface area contributed by atoms with Crippen LogP contribution in [-0.2, 0) is 9.47 Å². The summed E-state index contributed by atoms with van der Waals surface area (Å²) in [4.78, 5) is 28.3. The molecule has 0 aromatic carbocycles. The molecule has 0 aliphatic heterocycles. The highest BCUT2D eigenvalue weighted by Gasteiger charge is 2.20. The number of H-pyrrole nitrogens is 1. The third-order valence-corrected chi connectivity index (χ3v) is 2.02. The lowest BCUT2D eigenvalue weighted by Gasteiger charge is -2.13. The highest BCUT2D eigenvalue weighted by molar-refractivity contribution is 6.02. The Kier molecular flexibility index (Phi) is 4.61. The lowest BCUT2D eigenvalue weighted by Crippen LogP contribution is -2.35. The van der Waals surface area contributed by atoms with Gasteiger partial charge in [0.05, 0.1) is 12.9 Å². The molecule has 0 atom stereocenters. The average Bonchev–Trinajstić information content (AvgIpc) is 2.79. The number of rotatable bonds is 6. The van der Waals surface area contributed by atoms with Gasteiger partial charge in [-0.05, 0) is 0 Å². The number of aromatic nitrogens is 2. The Labute approximate surface area is 96.9 Å². The fourth-order valence-corrected chi connectivity index (χ4v) is 1.15. The van der Waals surface area contributed by atoms with Gasteiger partial charge in [0.2, 0.25) is 0 Å². The number of methoxy groups -OCH3 is 2. The Morgan fingerprint density at radius 1 is 1.53 bits per heavy atom. The van der Waals surface area contributed by atoms with E-state index in [-0.39, 0.29) is 17.9 Å². The van der Waals surface area contributed by atoms with E-state index in [2.05, 4.69) is 15.3 Å². The fourth-order valence-electron chi connectivity index (χ4n) is 1.15. The van der Waals surface area contributed by atoms with Crippen molar-refractivity contribution in [3.05, 3.63) is 17.7 Å². The van der Waals surface area contributed by atoms with Crippen molar-refractivity contribution >= 4 is 11.9 Å². The SMILES string of the molecule is COC(CNC(=O)c1nc[nH]c1C(=O)O)OC. The van der Waals surface area contributed by atoms with Gasteiger partial charge in [-0.25, -0.2) is 9.78 Å². The van der Waals surface area contributed by atoms with Gasteiger partial charge in [0, 0.05) is 14.2 Å². The van der Waals surface area contributed by atoms with Crippen molar-refractivity contribution in [2.45, 2.75) is 6.29 Å². The van der Waals surface area contributed by atoms with E-state index < -0.39 is 18.2 Å². The zero-order chi connectivity index (χ0) is 12.8. The number of nitrogens with one attached hydrogen (secondary N) is 2. The van der Waals surface area contributed by atoms with Crippen molar-refractivity contribution in [3.63, 3.8) is 0 Å². The molecule has 1 rings (SSSR count). The minimum Gasteiger partial charge on any atom is -0.477 e. The predicted octanol–water partition coefficient (Wildman–Crippen LogP) is -0.543. The maximum atomic E-state index is 11.6. The maximum absolute atomic E-state index is 11.6. The summed E-state index contributed by atoms with van der Waals surface area (Å²) in [6.45, 7) is 0.0950. The van der Waals surface area contributed by atoms with Crippen molar-refractivity contribution in [2.75, 3.05) is 20.8 Å². The van der Waals surface area contributed by atoms with Crippen LogP contribution in [0.3, 0.4) is 0 Å². The molecular formula is C9H13N3O5. The number of carboxylic acid groups (broad SMARTS) is 1. The monoisotopic (exact) mass is 243 g/mol. The topological polar surface area (TPSA) is 114 Å². The van der Waals surface area contributed by atoms with Crippen LogP contribution >= 0.6 is 0 Å². The van der Waals surface area contributed by atoms with Crippen molar-refractivity contribution in [3.8, 4) is 0 Å². The summed E-state index contributed by atoms with van der Waals surface area (Å²) in [6, 6.07) is 0. The first kappa shape index (κ1) is 13.1. The van der Waals surface area contributed by atoms with Crippen LogP contribution in [0.5, 0.6) is 0 Å². The van der Waals surface area contributed by atoms with E-state index in [9.17, 15) is 9.59 Å². The molecule has 0 saturated carbocycles. The number of carbonyl (C=O) groups excluding carboxylic acids is 1. The molecule has 0 fully saturated rings. The molecule has 0 saturated heterocycles. The minimum absolute atomic E-state index is 0.0950. The van der Waals surface area contributed by atoms with Gasteiger partial charge >= 0.3 is 5.97 Å². The number of ether oxygens (including phenoxy) is 2. The first-order valence-corrected chi connectivity index (χ1v) is 4.70. The van der Waals surface area contributed by atoms with Gasteiger partial charge in [0.15, 0.2) is 17.7 Å². The van der Waals surface area contributed by atoms with Gasteiger partial charge in [0.1, 0.15) is 0 Å². The lowest BCUT2D eigenvalue weighted by atomic mass is 10.3. The van der Waals surface area contributed by atoms with Gasteiger partial charge in [-0.2, -0.15) is 0 Å². The van der Waals surface area contributed by atoms with Crippen LogP contribution in [0, 0.1) is 0 Å². The number of imidazole rings is 1. The molecule has 0 aliphatic carbocycles. The lowest BCUT2D eigenvalue weighted by molar-refractivity contribution is -0.0974. The number of amides is 1. The van der Waals surface area contributed by atoms with Crippen LogP contribution in [0.2, 0.25) is 0 Å². The third-order valence-electron chi connectivity index (χ3n) is 2.02. The molecule has 0 aliphatic rings. The van der Waals surface area contributed by atoms with Gasteiger partial charge in [-0.3, -0.25) is 4.79 Å². The molecule has 1 aromatic heterocycles. The highest BCUT2D eigenvalue weighted by Crippen LogP contribution is 2.02. The van der Waals surface area contributed by atoms with Crippen molar-refractivity contribution in [1.29, 1.82) is 0 Å². The van der Waals surface area contributed by atoms with Crippen molar-refractivity contribution < 1.29 is 24.2 Å². The zero-order valence-electron chi connectivity index (χ0n) is 9.39. The van der Waals surface area contributed by atoms with Crippen molar-refractivity contribution in [2.24, 2.45) is 0 Å². The molecule has 1 heterocycles. The second-order valence-corrected chi connectivity index (χ2v) is 3.04. The van der Waals surface area contributed by atoms with Crippen LogP contribution in [0.15, 0.2) is 6.33 Å². The van der Waals surface area contributed by atoms with E-state index in [4.69, 9.17) is 14.6 Å². The van der Waals surface area contributed by atoms with Gasteiger partial charge in [-0.1, -0.05) is 0 Å². The van der Waals surface area contributed by atoms with Gasteiger partial charge < -0.3 is 24.9 Å². The quantitative estimate of drug-likeness (QED) is 0.578. The molecular weight excluding hydrogens is 230 g/mol. The molecule has 17 heavy (non-hydrogen) atoms. The normalized spacial score (nSPS) is 10.5. The Morgan fingerprint density at radius 2 is 2.18 bits per heavy atom. The summed E-state index contributed by atoms with van der Waals surface area (Å²) < 4.78 is 9.73. The molecule has 94 valence electrons. The molecule has 1 amide bonds. The molecule has 8 heteroatoms. The first-order chi connectivity index (χ1) is 8.10. The molecule has 0 spiro atoms. The first-order valence-electron chi connectivity index (χ1n) is 4.70. The number of hydrogen-bond acceptors (Lipinski definition) is 5. The Hall–Kier alpha value is -1.93. The van der Waals surface area contributed by atoms with Crippen molar-refractivity contribution in [1.82, 2.24) is 15.3 Å². The summed E-state index contributed by atoms with van der Waals surface area (Å²) in [7, 11) is 2.86. The Bertz CT molecular complexity index is 399. The molecule has 3 N–H and O–H groups in total. The third kappa shape index (κ3) is 3.26. The average molecular weight is 243 g/mol. The maximum Gasteiger partial charge on any atom is 0.354 e. The number of aromatic amines is 1. The van der Waals surface area contributed by atoms with Crippen LogP contribution in [0.1, 0.15) is 21.0 Å². The summed E-state index contributed by atoms with van der Waals surface area (Å²) in [6.07, 6.45) is 0.550. The molecule has 0 bridgehead atoms. The Balaban J connectivity index is 2.64. The Morgan fingerprint density at radius 3 is 2.71 bits per heavy atom. The number of carboxylic acids is 1. The fraction of sp³-hybridized carbons (Fsp3) is 0.444. The van der Waals surface area contributed by atoms with E-state index in [1.807, 2.05) is 0 Å². The van der Waals surface area contributed by atoms with Gasteiger partial charge in [-0.15, -0.1) is 0 Å². The zero-order valence-corrected chi connectivity index (χ0v) is 9.39.